The lowest BCUT2D eigenvalue weighted by Crippen LogP contribution is -2.41. The molecule has 0 amide bonds. The molecule has 1 aromatic carbocycles. The number of aliphatic hydroxyl groups excluding tert-OH is 1. The van der Waals surface area contributed by atoms with Gasteiger partial charge in [0.2, 0.25) is 0 Å². The molecule has 0 aromatic heterocycles. The second-order valence-corrected chi connectivity index (χ2v) is 4.51. The first kappa shape index (κ1) is 14.3. The first-order valence-electron chi connectivity index (χ1n) is 5.87. The van der Waals surface area contributed by atoms with Crippen molar-refractivity contribution in [3.63, 3.8) is 0 Å². The van der Waals surface area contributed by atoms with Gasteiger partial charge < -0.3 is 9.84 Å². The van der Waals surface area contributed by atoms with Crippen LogP contribution in [0.1, 0.15) is 25.8 Å². The van der Waals surface area contributed by atoms with Crippen molar-refractivity contribution in [1.29, 1.82) is 0 Å². The van der Waals surface area contributed by atoms with E-state index in [-0.39, 0.29) is 18.9 Å². The van der Waals surface area contributed by atoms with Crippen molar-refractivity contribution in [3.05, 3.63) is 28.8 Å². The molecular weight excluding hydrogens is 238 g/mol. The average molecular weight is 258 g/mol. The third-order valence-electron chi connectivity index (χ3n) is 2.64. The molecule has 0 aliphatic rings. The minimum atomic E-state index is -0.189. The molecule has 96 valence electrons. The Labute approximate surface area is 108 Å². The van der Waals surface area contributed by atoms with E-state index in [1.807, 2.05) is 32.9 Å². The summed E-state index contributed by atoms with van der Waals surface area (Å²) in [6, 6.07) is 5.70. The molecule has 0 bridgehead atoms. The molecule has 4 heteroatoms. The fourth-order valence-electron chi connectivity index (χ4n) is 1.61. The minimum Gasteiger partial charge on any atom is -0.474 e. The van der Waals surface area contributed by atoms with Crippen LogP contribution < -0.4 is 10.1 Å². The molecule has 0 fully saturated rings. The first-order chi connectivity index (χ1) is 8.08. The number of hydrogen-bond donors (Lipinski definition) is 2. The number of para-hydroxylation sites is 1. The topological polar surface area (TPSA) is 41.5 Å². The van der Waals surface area contributed by atoms with E-state index >= 15 is 0 Å². The Kier molecular flexibility index (Phi) is 5.75. The molecular formula is C13H20ClNO2. The van der Waals surface area contributed by atoms with Crippen LogP contribution in [-0.4, -0.2) is 24.0 Å². The van der Waals surface area contributed by atoms with Gasteiger partial charge in [0, 0.05) is 6.04 Å². The van der Waals surface area contributed by atoms with Crippen LogP contribution in [0.15, 0.2) is 18.2 Å². The quantitative estimate of drug-likeness (QED) is 0.770. The van der Waals surface area contributed by atoms with E-state index in [2.05, 4.69) is 5.32 Å². The molecule has 0 heterocycles. The largest absolute Gasteiger partial charge is 0.474 e. The molecule has 0 aliphatic heterocycles. The van der Waals surface area contributed by atoms with E-state index in [9.17, 15) is 0 Å². The Morgan fingerprint density at radius 2 is 2.18 bits per heavy atom. The molecule has 0 saturated carbocycles. The van der Waals surface area contributed by atoms with Gasteiger partial charge in [-0.1, -0.05) is 30.7 Å². The van der Waals surface area contributed by atoms with E-state index in [1.165, 1.54) is 0 Å². The average Bonchev–Trinajstić information content (AvgIpc) is 2.31. The second-order valence-electron chi connectivity index (χ2n) is 4.10. The maximum absolute atomic E-state index is 9.11. The van der Waals surface area contributed by atoms with Gasteiger partial charge in [-0.25, -0.2) is 0 Å². The molecule has 3 nitrogen and oxygen atoms in total. The Hall–Kier alpha value is -0.770. The zero-order valence-corrected chi connectivity index (χ0v) is 11.3. The number of nitrogens with one attached hydrogen (secondary N) is 1. The molecule has 0 aliphatic carbocycles. The van der Waals surface area contributed by atoms with Gasteiger partial charge in [0.25, 0.3) is 0 Å². The number of aryl methyl sites for hydroxylation is 1. The predicted molar refractivity (Wildman–Crippen MR) is 70.6 cm³/mol. The van der Waals surface area contributed by atoms with Crippen molar-refractivity contribution in [2.75, 3.05) is 6.61 Å². The highest BCUT2D eigenvalue weighted by molar-refractivity contribution is 6.32. The van der Waals surface area contributed by atoms with Crippen LogP contribution >= 0.6 is 11.6 Å². The van der Waals surface area contributed by atoms with Gasteiger partial charge in [-0.2, -0.15) is 0 Å². The third kappa shape index (κ3) is 4.19. The lowest BCUT2D eigenvalue weighted by Gasteiger charge is -2.23. The van der Waals surface area contributed by atoms with Gasteiger partial charge in [-0.05, 0) is 31.9 Å². The summed E-state index contributed by atoms with van der Waals surface area (Å²) < 4.78 is 5.76. The van der Waals surface area contributed by atoms with Gasteiger partial charge in [0.15, 0.2) is 0 Å². The summed E-state index contributed by atoms with van der Waals surface area (Å²) in [6.07, 6.45) is 0.664. The third-order valence-corrected chi connectivity index (χ3v) is 2.94. The molecule has 17 heavy (non-hydrogen) atoms. The Morgan fingerprint density at radius 3 is 2.71 bits per heavy atom. The number of halogens is 1. The van der Waals surface area contributed by atoms with Crippen molar-refractivity contribution in [2.24, 2.45) is 0 Å². The SMILES string of the molecule is CCC(CO)NC(C)Oc1c(C)cccc1Cl. The van der Waals surface area contributed by atoms with Gasteiger partial charge in [0.1, 0.15) is 12.0 Å². The summed E-state index contributed by atoms with van der Waals surface area (Å²) >= 11 is 6.08. The lowest BCUT2D eigenvalue weighted by atomic mass is 10.2. The lowest BCUT2D eigenvalue weighted by molar-refractivity contribution is 0.136. The minimum absolute atomic E-state index is 0.0489. The van der Waals surface area contributed by atoms with E-state index in [0.717, 1.165) is 12.0 Å². The number of aliphatic hydroxyl groups is 1. The predicted octanol–water partition coefficient (Wildman–Crippen LogP) is 2.73. The van der Waals surface area contributed by atoms with Crippen LogP contribution in [0.2, 0.25) is 5.02 Å². The van der Waals surface area contributed by atoms with Gasteiger partial charge in [-0.3, -0.25) is 5.32 Å². The molecule has 1 aromatic rings. The van der Waals surface area contributed by atoms with Crippen LogP contribution in [0, 0.1) is 6.92 Å². The zero-order chi connectivity index (χ0) is 12.8. The van der Waals surface area contributed by atoms with Crippen molar-refractivity contribution >= 4 is 11.6 Å². The van der Waals surface area contributed by atoms with Crippen molar-refractivity contribution in [1.82, 2.24) is 5.32 Å². The number of rotatable bonds is 6. The summed E-state index contributed by atoms with van der Waals surface area (Å²) in [5.74, 6) is 0.696. The summed E-state index contributed by atoms with van der Waals surface area (Å²) in [5.41, 5.74) is 1.00. The van der Waals surface area contributed by atoms with Crippen molar-refractivity contribution < 1.29 is 9.84 Å². The Bertz CT molecular complexity index is 333. The number of ether oxygens (including phenoxy) is 1. The van der Waals surface area contributed by atoms with Gasteiger partial charge >= 0.3 is 0 Å². The summed E-state index contributed by atoms with van der Waals surface area (Å²) in [6.45, 7) is 5.98. The summed E-state index contributed by atoms with van der Waals surface area (Å²) in [7, 11) is 0. The standard InChI is InChI=1S/C13H20ClNO2/c1-4-11(8-16)15-10(3)17-13-9(2)6-5-7-12(13)14/h5-7,10-11,15-16H,4,8H2,1-3H3. The Morgan fingerprint density at radius 1 is 1.47 bits per heavy atom. The molecule has 1 rings (SSSR count). The summed E-state index contributed by atoms with van der Waals surface area (Å²) in [5, 5.41) is 12.9. The first-order valence-corrected chi connectivity index (χ1v) is 6.25. The monoisotopic (exact) mass is 257 g/mol. The van der Waals surface area contributed by atoms with Gasteiger partial charge in [0.05, 0.1) is 11.6 Å². The van der Waals surface area contributed by atoms with Gasteiger partial charge in [-0.15, -0.1) is 0 Å². The Balaban J connectivity index is 2.64. The molecule has 2 atom stereocenters. The normalized spacial score (nSPS) is 14.4. The molecule has 0 radical (unpaired) electrons. The number of hydrogen-bond acceptors (Lipinski definition) is 3. The van der Waals surface area contributed by atoms with Crippen LogP contribution in [0.25, 0.3) is 0 Å². The van der Waals surface area contributed by atoms with E-state index in [1.54, 1.807) is 6.07 Å². The highest BCUT2D eigenvalue weighted by atomic mass is 35.5. The van der Waals surface area contributed by atoms with Crippen LogP contribution in [-0.2, 0) is 0 Å². The molecule has 0 spiro atoms. The van der Waals surface area contributed by atoms with Crippen LogP contribution in [0.5, 0.6) is 5.75 Å². The highest BCUT2D eigenvalue weighted by Crippen LogP contribution is 2.28. The van der Waals surface area contributed by atoms with Crippen LogP contribution in [0.4, 0.5) is 0 Å². The van der Waals surface area contributed by atoms with Crippen molar-refractivity contribution in [3.8, 4) is 5.75 Å². The van der Waals surface area contributed by atoms with Crippen molar-refractivity contribution in [2.45, 2.75) is 39.5 Å². The summed E-state index contributed by atoms with van der Waals surface area (Å²) in [4.78, 5) is 0. The van der Waals surface area contributed by atoms with Crippen LogP contribution in [0.3, 0.4) is 0 Å². The number of benzene rings is 1. The smallest absolute Gasteiger partial charge is 0.147 e. The fourth-order valence-corrected chi connectivity index (χ4v) is 1.87. The zero-order valence-electron chi connectivity index (χ0n) is 10.5. The fraction of sp³-hybridized carbons (Fsp3) is 0.538. The maximum atomic E-state index is 9.11. The molecule has 2 N–H and O–H groups in total. The second kappa shape index (κ2) is 6.84. The van der Waals surface area contributed by atoms with E-state index < -0.39 is 0 Å². The maximum Gasteiger partial charge on any atom is 0.147 e. The van der Waals surface area contributed by atoms with E-state index in [4.69, 9.17) is 21.4 Å². The van der Waals surface area contributed by atoms with E-state index in [0.29, 0.717) is 10.8 Å². The molecule has 2 unspecified atom stereocenters. The molecule has 0 saturated heterocycles. The highest BCUT2D eigenvalue weighted by Gasteiger charge is 2.13.